The third-order valence-corrected chi connectivity index (χ3v) is 4.43. The maximum absolute atomic E-state index is 13.8. The molecule has 1 N–H and O–H groups in total. The van der Waals surface area contributed by atoms with Gasteiger partial charge in [0.1, 0.15) is 5.82 Å². The Hall–Kier alpha value is -1.19. The van der Waals surface area contributed by atoms with Gasteiger partial charge in [-0.3, -0.25) is 0 Å². The van der Waals surface area contributed by atoms with E-state index >= 15 is 0 Å². The Balaban J connectivity index is 1.95. The second-order valence-corrected chi connectivity index (χ2v) is 6.67. The summed E-state index contributed by atoms with van der Waals surface area (Å²) < 4.78 is 13.8. The van der Waals surface area contributed by atoms with Gasteiger partial charge in [0.25, 0.3) is 0 Å². The number of halogens is 1. The molecule has 0 saturated carbocycles. The SMILES string of the molecule is CC(C)NCC(CCc1ccsc1)Cc1ccccc1F. The second kappa shape index (κ2) is 8.30. The smallest absolute Gasteiger partial charge is 0.126 e. The maximum atomic E-state index is 13.8. The van der Waals surface area contributed by atoms with Gasteiger partial charge in [0.15, 0.2) is 0 Å². The van der Waals surface area contributed by atoms with E-state index in [0.717, 1.165) is 31.4 Å². The molecule has 0 aliphatic rings. The molecule has 0 aliphatic carbocycles. The molecule has 2 aromatic rings. The molecule has 1 aromatic carbocycles. The van der Waals surface area contributed by atoms with Gasteiger partial charge >= 0.3 is 0 Å². The minimum absolute atomic E-state index is 0.0809. The van der Waals surface area contributed by atoms with Crippen LogP contribution in [0.15, 0.2) is 41.1 Å². The van der Waals surface area contributed by atoms with Crippen molar-refractivity contribution in [3.63, 3.8) is 0 Å². The van der Waals surface area contributed by atoms with Gasteiger partial charge in [-0.05, 0) is 65.7 Å². The van der Waals surface area contributed by atoms with Crippen LogP contribution >= 0.6 is 11.3 Å². The van der Waals surface area contributed by atoms with Crippen LogP contribution in [0.5, 0.6) is 0 Å². The molecule has 1 aromatic heterocycles. The molecule has 0 aliphatic heterocycles. The normalized spacial score (nSPS) is 12.8. The molecule has 3 heteroatoms. The number of thiophene rings is 1. The molecule has 1 unspecified atom stereocenters. The van der Waals surface area contributed by atoms with Crippen molar-refractivity contribution in [3.05, 3.63) is 58.0 Å². The quantitative estimate of drug-likeness (QED) is 0.747. The first-order chi connectivity index (χ1) is 10.1. The van der Waals surface area contributed by atoms with E-state index < -0.39 is 0 Å². The van der Waals surface area contributed by atoms with Gasteiger partial charge in [-0.25, -0.2) is 4.39 Å². The van der Waals surface area contributed by atoms with E-state index in [9.17, 15) is 4.39 Å². The highest BCUT2D eigenvalue weighted by molar-refractivity contribution is 7.07. The van der Waals surface area contributed by atoms with Crippen molar-refractivity contribution in [2.75, 3.05) is 6.54 Å². The van der Waals surface area contributed by atoms with Gasteiger partial charge in [0, 0.05) is 6.04 Å². The molecule has 1 nitrogen and oxygen atoms in total. The van der Waals surface area contributed by atoms with Gasteiger partial charge in [0.05, 0.1) is 0 Å². The van der Waals surface area contributed by atoms with E-state index in [1.54, 1.807) is 23.5 Å². The Labute approximate surface area is 131 Å². The molecule has 2 rings (SSSR count). The molecule has 0 bridgehead atoms. The lowest BCUT2D eigenvalue weighted by atomic mass is 9.93. The largest absolute Gasteiger partial charge is 0.314 e. The van der Waals surface area contributed by atoms with Gasteiger partial charge in [-0.2, -0.15) is 11.3 Å². The lowest BCUT2D eigenvalue weighted by Crippen LogP contribution is -2.30. The first-order valence-electron chi connectivity index (χ1n) is 7.63. The number of hydrogen-bond acceptors (Lipinski definition) is 2. The topological polar surface area (TPSA) is 12.0 Å². The Bertz CT molecular complexity index is 522. The van der Waals surface area contributed by atoms with E-state index in [1.165, 1.54) is 5.56 Å². The van der Waals surface area contributed by atoms with Crippen molar-refractivity contribution in [2.45, 2.75) is 39.2 Å². The molecule has 114 valence electrons. The van der Waals surface area contributed by atoms with E-state index in [4.69, 9.17) is 0 Å². The van der Waals surface area contributed by atoms with Crippen molar-refractivity contribution in [3.8, 4) is 0 Å². The van der Waals surface area contributed by atoms with Crippen LogP contribution in [-0.2, 0) is 12.8 Å². The summed E-state index contributed by atoms with van der Waals surface area (Å²) in [4.78, 5) is 0. The molecular weight excluding hydrogens is 281 g/mol. The number of hydrogen-bond donors (Lipinski definition) is 1. The van der Waals surface area contributed by atoms with Gasteiger partial charge in [-0.1, -0.05) is 32.0 Å². The first-order valence-corrected chi connectivity index (χ1v) is 8.57. The van der Waals surface area contributed by atoms with E-state index in [1.807, 2.05) is 12.1 Å². The van der Waals surface area contributed by atoms with Crippen LogP contribution < -0.4 is 5.32 Å². The van der Waals surface area contributed by atoms with E-state index in [0.29, 0.717) is 12.0 Å². The maximum Gasteiger partial charge on any atom is 0.126 e. The average molecular weight is 305 g/mol. The molecule has 0 amide bonds. The van der Waals surface area contributed by atoms with Gasteiger partial charge in [0.2, 0.25) is 0 Å². The molecule has 1 heterocycles. The summed E-state index contributed by atoms with van der Waals surface area (Å²) in [6.45, 7) is 5.24. The monoisotopic (exact) mass is 305 g/mol. The molecule has 21 heavy (non-hydrogen) atoms. The third kappa shape index (κ3) is 5.60. The summed E-state index contributed by atoms with van der Waals surface area (Å²) in [5.41, 5.74) is 2.22. The fourth-order valence-corrected chi connectivity index (χ4v) is 3.16. The van der Waals surface area contributed by atoms with Crippen molar-refractivity contribution >= 4 is 11.3 Å². The third-order valence-electron chi connectivity index (χ3n) is 3.70. The first kappa shape index (κ1) is 16.2. The van der Waals surface area contributed by atoms with E-state index in [2.05, 4.69) is 36.0 Å². The number of aryl methyl sites for hydroxylation is 1. The van der Waals surface area contributed by atoms with Gasteiger partial charge < -0.3 is 5.32 Å². The molecule has 0 spiro atoms. The summed E-state index contributed by atoms with van der Waals surface area (Å²) in [6, 6.07) is 9.79. The lowest BCUT2D eigenvalue weighted by molar-refractivity contribution is 0.416. The van der Waals surface area contributed by atoms with Crippen LogP contribution in [0, 0.1) is 11.7 Å². The predicted octanol–water partition coefficient (Wildman–Crippen LogP) is 4.68. The van der Waals surface area contributed by atoms with Crippen LogP contribution in [0.3, 0.4) is 0 Å². The van der Waals surface area contributed by atoms with Crippen molar-refractivity contribution < 1.29 is 4.39 Å². The standard InChI is InChI=1S/C18H24FNS/c1-14(2)20-12-16(8-7-15-9-10-21-13-15)11-17-5-3-4-6-18(17)19/h3-6,9-10,13-14,16,20H,7-8,11-12H2,1-2H3. The predicted molar refractivity (Wildman–Crippen MR) is 89.4 cm³/mol. The second-order valence-electron chi connectivity index (χ2n) is 5.89. The molecule has 1 atom stereocenters. The van der Waals surface area contributed by atoms with Crippen LogP contribution in [0.1, 0.15) is 31.4 Å². The fourth-order valence-electron chi connectivity index (χ4n) is 2.46. The highest BCUT2D eigenvalue weighted by atomic mass is 32.1. The minimum Gasteiger partial charge on any atom is -0.314 e. The highest BCUT2D eigenvalue weighted by Crippen LogP contribution is 2.18. The van der Waals surface area contributed by atoms with Crippen LogP contribution in [0.25, 0.3) is 0 Å². The minimum atomic E-state index is -0.0809. The summed E-state index contributed by atoms with van der Waals surface area (Å²) >= 11 is 1.74. The van der Waals surface area contributed by atoms with Gasteiger partial charge in [-0.15, -0.1) is 0 Å². The lowest BCUT2D eigenvalue weighted by Gasteiger charge is -2.19. The van der Waals surface area contributed by atoms with Crippen molar-refractivity contribution in [1.82, 2.24) is 5.32 Å². The molecule has 0 fully saturated rings. The highest BCUT2D eigenvalue weighted by Gasteiger charge is 2.13. The summed E-state index contributed by atoms with van der Waals surface area (Å²) in [6.07, 6.45) is 2.96. The zero-order valence-corrected chi connectivity index (χ0v) is 13.6. The molecular formula is C18H24FNS. The van der Waals surface area contributed by atoms with Crippen LogP contribution in [0.4, 0.5) is 4.39 Å². The zero-order chi connectivity index (χ0) is 15.1. The Kier molecular flexibility index (Phi) is 6.40. The number of benzene rings is 1. The summed E-state index contributed by atoms with van der Waals surface area (Å²) in [7, 11) is 0. The zero-order valence-electron chi connectivity index (χ0n) is 12.8. The average Bonchev–Trinajstić information content (AvgIpc) is 2.97. The molecule has 0 radical (unpaired) electrons. The summed E-state index contributed by atoms with van der Waals surface area (Å²) in [5.74, 6) is 0.381. The summed E-state index contributed by atoms with van der Waals surface area (Å²) in [5, 5.41) is 7.82. The van der Waals surface area contributed by atoms with Crippen LogP contribution in [0.2, 0.25) is 0 Å². The molecule has 0 saturated heterocycles. The van der Waals surface area contributed by atoms with Crippen molar-refractivity contribution in [2.24, 2.45) is 5.92 Å². The fraction of sp³-hybridized carbons (Fsp3) is 0.444. The Morgan fingerprint density at radius 3 is 2.67 bits per heavy atom. The number of nitrogens with one attached hydrogen (secondary N) is 1. The number of rotatable bonds is 8. The van der Waals surface area contributed by atoms with E-state index in [-0.39, 0.29) is 5.82 Å². The Morgan fingerprint density at radius 1 is 1.19 bits per heavy atom. The Morgan fingerprint density at radius 2 is 2.00 bits per heavy atom. The van der Waals surface area contributed by atoms with Crippen molar-refractivity contribution in [1.29, 1.82) is 0 Å². The van der Waals surface area contributed by atoms with Crippen LogP contribution in [-0.4, -0.2) is 12.6 Å².